The van der Waals surface area contributed by atoms with Crippen LogP contribution in [0.25, 0.3) is 0 Å². The first-order valence-corrected chi connectivity index (χ1v) is 22.5. The highest BCUT2D eigenvalue weighted by Crippen LogP contribution is 2.36. The molecule has 2 amide bonds. The van der Waals surface area contributed by atoms with E-state index in [0.717, 1.165) is 71.1 Å². The number of carbonyl (C=O) groups is 2. The number of nitrogens with one attached hydrogen (secondary N) is 3. The summed E-state index contributed by atoms with van der Waals surface area (Å²) in [6.45, 7) is -0.704. The number of nitrogens with two attached hydrogens (primary N) is 1. The first-order chi connectivity index (χ1) is 26.0. The zero-order valence-electron chi connectivity index (χ0n) is 30.0. The lowest BCUT2D eigenvalue weighted by molar-refractivity contribution is -0.118. The molecule has 16 nitrogen and oxygen atoms in total. The Hall–Kier alpha value is -4.43. The smallest absolute Gasteiger partial charge is 0.326 e. The summed E-state index contributed by atoms with van der Waals surface area (Å²) in [5.74, 6) is -1.25. The quantitative estimate of drug-likeness (QED) is 0.183. The van der Waals surface area contributed by atoms with Crippen LogP contribution in [0.5, 0.6) is 11.5 Å². The van der Waals surface area contributed by atoms with Crippen LogP contribution >= 0.6 is 0 Å². The van der Waals surface area contributed by atoms with E-state index < -0.39 is 42.3 Å². The first kappa shape index (κ1) is 40.2. The topological polar surface area (TPSA) is 246 Å². The van der Waals surface area contributed by atoms with E-state index in [1.807, 2.05) is 9.44 Å². The van der Waals surface area contributed by atoms with Gasteiger partial charge < -0.3 is 15.9 Å². The Morgan fingerprint density at radius 3 is 1.64 bits per heavy atom. The monoisotopic (exact) mass is 818 g/mol. The van der Waals surface area contributed by atoms with Gasteiger partial charge in [-0.3, -0.25) is 9.59 Å². The fraction of sp³-hybridized carbons (Fsp3) is 0.444. The molecule has 2 aliphatic carbocycles. The number of hydrogen-bond donors (Lipinski definition) is 6. The largest absolute Gasteiger partial charge is 0.506 e. The molecular weight excluding hydrogens is 773 g/mol. The SMILES string of the molecule is N[C@@H]1CCCC[C@H]1Cc1ccc(N2CC(=O)NS2(=O)=O)c(O)c1.O=C1CN(c2ccc(C[C@@H]3CCCC[C@H]3NS(=O)(=O)c3ccccc3)cc2O)S(=O)(=O)N1. The molecule has 0 spiro atoms. The number of rotatable bonds is 9. The molecule has 7 rings (SSSR count). The second kappa shape index (κ2) is 16.4. The summed E-state index contributed by atoms with van der Waals surface area (Å²) < 4.78 is 81.6. The molecule has 2 heterocycles. The van der Waals surface area contributed by atoms with Gasteiger partial charge in [0.05, 0.1) is 16.3 Å². The predicted molar refractivity (Wildman–Crippen MR) is 205 cm³/mol. The van der Waals surface area contributed by atoms with E-state index in [1.54, 1.807) is 48.5 Å². The van der Waals surface area contributed by atoms with Gasteiger partial charge in [-0.25, -0.2) is 31.2 Å². The van der Waals surface area contributed by atoms with Gasteiger partial charge in [0.15, 0.2) is 0 Å². The molecular formula is C36H46N6O10S3. The van der Waals surface area contributed by atoms with Crippen LogP contribution in [0.3, 0.4) is 0 Å². The van der Waals surface area contributed by atoms with E-state index in [2.05, 4.69) is 4.72 Å². The molecule has 2 saturated heterocycles. The second-order valence-electron chi connectivity index (χ2n) is 14.4. The van der Waals surface area contributed by atoms with Gasteiger partial charge in [-0.05, 0) is 97.9 Å². The average Bonchev–Trinajstić information content (AvgIpc) is 3.57. The third kappa shape index (κ3) is 9.52. The summed E-state index contributed by atoms with van der Waals surface area (Å²) in [6, 6.07) is 17.7. The molecule has 19 heteroatoms. The summed E-state index contributed by atoms with van der Waals surface area (Å²) in [5.41, 5.74) is 7.97. The average molecular weight is 819 g/mol. The Morgan fingerprint density at radius 1 is 0.691 bits per heavy atom. The van der Waals surface area contributed by atoms with E-state index >= 15 is 0 Å². The highest BCUT2D eigenvalue weighted by Gasteiger charge is 2.37. The molecule has 4 fully saturated rings. The van der Waals surface area contributed by atoms with Gasteiger partial charge in [-0.1, -0.05) is 56.0 Å². The van der Waals surface area contributed by atoms with Gasteiger partial charge in [0, 0.05) is 12.1 Å². The van der Waals surface area contributed by atoms with Crippen LogP contribution < -0.4 is 28.5 Å². The van der Waals surface area contributed by atoms with Crippen LogP contribution in [0, 0.1) is 11.8 Å². The van der Waals surface area contributed by atoms with E-state index in [-0.39, 0.29) is 58.9 Å². The Labute approximate surface area is 321 Å². The van der Waals surface area contributed by atoms with Crippen LogP contribution in [0.15, 0.2) is 71.6 Å². The van der Waals surface area contributed by atoms with Crippen LogP contribution in [0.2, 0.25) is 0 Å². The summed E-state index contributed by atoms with van der Waals surface area (Å²) in [4.78, 5) is 23.0. The van der Waals surface area contributed by atoms with Crippen molar-refractivity contribution < 1.29 is 45.1 Å². The van der Waals surface area contributed by atoms with Gasteiger partial charge in [0.25, 0.3) is 11.8 Å². The van der Waals surface area contributed by atoms with Crippen molar-refractivity contribution in [1.82, 2.24) is 14.2 Å². The number of carbonyl (C=O) groups excluding carboxylic acids is 2. The molecule has 55 heavy (non-hydrogen) atoms. The molecule has 0 bridgehead atoms. The maximum absolute atomic E-state index is 12.8. The fourth-order valence-electron chi connectivity index (χ4n) is 7.71. The Balaban J connectivity index is 0.000000197. The summed E-state index contributed by atoms with van der Waals surface area (Å²) in [5, 5.41) is 20.6. The van der Waals surface area contributed by atoms with Crippen LogP contribution in [0.1, 0.15) is 62.5 Å². The molecule has 298 valence electrons. The van der Waals surface area contributed by atoms with Crippen molar-refractivity contribution in [1.29, 1.82) is 0 Å². The number of anilines is 2. The Kier molecular flexibility index (Phi) is 12.0. The van der Waals surface area contributed by atoms with E-state index in [4.69, 9.17) is 5.73 Å². The van der Waals surface area contributed by atoms with E-state index in [0.29, 0.717) is 12.3 Å². The molecule has 0 radical (unpaired) electrons. The molecule has 4 atom stereocenters. The molecule has 0 aromatic heterocycles. The number of sulfonamides is 1. The van der Waals surface area contributed by atoms with Crippen molar-refractivity contribution in [3.8, 4) is 11.5 Å². The van der Waals surface area contributed by atoms with E-state index in [9.17, 15) is 45.1 Å². The number of phenolic OH excluding ortho intramolecular Hbond substituents is 2. The minimum Gasteiger partial charge on any atom is -0.506 e. The summed E-state index contributed by atoms with van der Waals surface area (Å²) in [6.07, 6.45) is 9.19. The zero-order chi connectivity index (χ0) is 39.5. The number of hydrogen-bond acceptors (Lipinski definition) is 11. The lowest BCUT2D eigenvalue weighted by atomic mass is 9.81. The highest BCUT2D eigenvalue weighted by molar-refractivity contribution is 7.92. The second-order valence-corrected chi connectivity index (χ2v) is 19.3. The minimum atomic E-state index is -4.01. The van der Waals surface area contributed by atoms with Crippen molar-refractivity contribution in [2.24, 2.45) is 17.6 Å². The number of aromatic hydroxyl groups is 2. The number of phenols is 2. The standard InChI is InChI=1S/C21H25N3O6S2.C15H21N3O4S/c25-20-13-15(10-11-19(20)24-14-21(26)23-32(24,29)30)12-16-6-4-5-9-18(16)22-31(27,28)17-7-2-1-3-8-17;16-12-4-2-1-3-11(12)7-10-5-6-13(14(19)8-10)18-9-15(20)17-23(18,21)22/h1-3,7-8,10-11,13,16,18,22,25H,4-6,9,12,14H2,(H,23,26);5-6,8,11-12,19H,1-4,7,9,16H2,(H,17,20)/t16-,18+;11-,12+/m00/s1. The fourth-order valence-corrected chi connectivity index (χ4v) is 11.4. The van der Waals surface area contributed by atoms with Gasteiger partial charge in [-0.15, -0.1) is 0 Å². The molecule has 0 unspecified atom stereocenters. The van der Waals surface area contributed by atoms with Crippen molar-refractivity contribution >= 4 is 53.6 Å². The molecule has 4 aliphatic rings. The van der Waals surface area contributed by atoms with Gasteiger partial charge in [0.2, 0.25) is 10.0 Å². The molecule has 3 aromatic rings. The third-order valence-corrected chi connectivity index (χ3v) is 14.8. The molecule has 3 aromatic carbocycles. The Morgan fingerprint density at radius 2 is 1.16 bits per heavy atom. The lowest BCUT2D eigenvalue weighted by Gasteiger charge is -2.32. The number of nitrogens with zero attached hydrogens (tertiary/aromatic N) is 2. The molecule has 7 N–H and O–H groups in total. The van der Waals surface area contributed by atoms with Crippen LogP contribution in [-0.2, 0) is 52.9 Å². The molecule has 2 aliphatic heterocycles. The van der Waals surface area contributed by atoms with Crippen LogP contribution in [-0.4, -0.2) is 72.5 Å². The van der Waals surface area contributed by atoms with Gasteiger partial charge >= 0.3 is 20.4 Å². The first-order valence-electron chi connectivity index (χ1n) is 18.2. The van der Waals surface area contributed by atoms with E-state index in [1.165, 1.54) is 24.6 Å². The van der Waals surface area contributed by atoms with Gasteiger partial charge in [0.1, 0.15) is 24.6 Å². The Bertz CT molecular complexity index is 2240. The van der Waals surface area contributed by atoms with Crippen molar-refractivity contribution in [3.05, 3.63) is 77.9 Å². The van der Waals surface area contributed by atoms with Crippen molar-refractivity contribution in [2.45, 2.75) is 81.2 Å². The third-order valence-electron chi connectivity index (χ3n) is 10.5. The maximum Gasteiger partial charge on any atom is 0.326 e. The van der Waals surface area contributed by atoms with Gasteiger partial charge in [-0.2, -0.15) is 16.8 Å². The number of amides is 2. The van der Waals surface area contributed by atoms with Crippen LogP contribution in [0.4, 0.5) is 11.4 Å². The normalized spacial score (nSPS) is 24.7. The predicted octanol–water partition coefficient (Wildman–Crippen LogP) is 2.29. The minimum absolute atomic E-state index is 0.0251. The summed E-state index contributed by atoms with van der Waals surface area (Å²) in [7, 11) is -11.6. The maximum atomic E-state index is 12.8. The highest BCUT2D eigenvalue weighted by atomic mass is 32.2. The van der Waals surface area contributed by atoms with Crippen molar-refractivity contribution in [3.63, 3.8) is 0 Å². The lowest BCUT2D eigenvalue weighted by Crippen LogP contribution is -2.42. The number of benzene rings is 3. The molecule has 2 saturated carbocycles. The zero-order valence-corrected chi connectivity index (χ0v) is 32.5. The summed E-state index contributed by atoms with van der Waals surface area (Å²) >= 11 is 0. The van der Waals surface area contributed by atoms with Crippen molar-refractivity contribution in [2.75, 3.05) is 21.7 Å².